The Kier molecular flexibility index (Phi) is 5.13. The maximum absolute atomic E-state index is 5.49. The fourth-order valence-electron chi connectivity index (χ4n) is 2.95. The molecule has 4 heteroatoms. The van der Waals surface area contributed by atoms with Gasteiger partial charge in [0.15, 0.2) is 0 Å². The molecule has 1 heterocycles. The topological polar surface area (TPSA) is 34.1 Å². The SMILES string of the molecule is COc1ccc2cc(C(C)=NOCCN3CCCC3)ccc2c1. The van der Waals surface area contributed by atoms with Crippen LogP contribution in [0, 0.1) is 0 Å². The number of rotatable bonds is 6. The van der Waals surface area contributed by atoms with E-state index < -0.39 is 0 Å². The maximum atomic E-state index is 5.49. The van der Waals surface area contributed by atoms with E-state index >= 15 is 0 Å². The van der Waals surface area contributed by atoms with Gasteiger partial charge in [0.1, 0.15) is 12.4 Å². The number of nitrogens with zero attached hydrogens (tertiary/aromatic N) is 2. The van der Waals surface area contributed by atoms with Crippen LogP contribution in [0.25, 0.3) is 10.8 Å². The highest BCUT2D eigenvalue weighted by atomic mass is 16.6. The van der Waals surface area contributed by atoms with Crippen molar-refractivity contribution in [1.29, 1.82) is 0 Å². The summed E-state index contributed by atoms with van der Waals surface area (Å²) in [5.74, 6) is 0.876. The van der Waals surface area contributed by atoms with Gasteiger partial charge >= 0.3 is 0 Å². The van der Waals surface area contributed by atoms with Gasteiger partial charge in [-0.25, -0.2) is 0 Å². The second-order valence-electron chi connectivity index (χ2n) is 5.99. The molecule has 2 aromatic carbocycles. The van der Waals surface area contributed by atoms with Crippen LogP contribution in [0.1, 0.15) is 25.3 Å². The maximum Gasteiger partial charge on any atom is 0.129 e. The van der Waals surface area contributed by atoms with E-state index in [9.17, 15) is 0 Å². The average molecular weight is 312 g/mol. The summed E-state index contributed by atoms with van der Waals surface area (Å²) < 4.78 is 5.26. The molecule has 0 radical (unpaired) electrons. The van der Waals surface area contributed by atoms with Gasteiger partial charge in [-0.15, -0.1) is 0 Å². The van der Waals surface area contributed by atoms with Gasteiger partial charge in [-0.05, 0) is 67.4 Å². The van der Waals surface area contributed by atoms with Crippen molar-refractivity contribution in [3.63, 3.8) is 0 Å². The van der Waals surface area contributed by atoms with Gasteiger partial charge in [-0.2, -0.15) is 0 Å². The predicted octanol–water partition coefficient (Wildman–Crippen LogP) is 3.68. The summed E-state index contributed by atoms with van der Waals surface area (Å²) in [4.78, 5) is 7.91. The highest BCUT2D eigenvalue weighted by Crippen LogP contribution is 2.22. The third-order valence-electron chi connectivity index (χ3n) is 4.36. The van der Waals surface area contributed by atoms with Gasteiger partial charge in [0.2, 0.25) is 0 Å². The Labute approximate surface area is 137 Å². The monoisotopic (exact) mass is 312 g/mol. The molecule has 0 amide bonds. The van der Waals surface area contributed by atoms with E-state index in [2.05, 4.69) is 34.3 Å². The molecular formula is C19H24N2O2. The Morgan fingerprint density at radius 2 is 1.83 bits per heavy atom. The molecular weight excluding hydrogens is 288 g/mol. The second-order valence-corrected chi connectivity index (χ2v) is 5.99. The van der Waals surface area contributed by atoms with Crippen LogP contribution in [0.4, 0.5) is 0 Å². The first kappa shape index (κ1) is 15.8. The lowest BCUT2D eigenvalue weighted by Gasteiger charge is -2.13. The van der Waals surface area contributed by atoms with Crippen molar-refractivity contribution in [2.45, 2.75) is 19.8 Å². The molecule has 23 heavy (non-hydrogen) atoms. The smallest absolute Gasteiger partial charge is 0.129 e. The zero-order valence-electron chi connectivity index (χ0n) is 13.9. The van der Waals surface area contributed by atoms with E-state index in [0.717, 1.165) is 29.0 Å². The third kappa shape index (κ3) is 4.02. The zero-order chi connectivity index (χ0) is 16.1. The zero-order valence-corrected chi connectivity index (χ0v) is 13.9. The lowest BCUT2D eigenvalue weighted by atomic mass is 10.0. The number of fused-ring (bicyclic) bond motifs is 1. The Hall–Kier alpha value is -2.07. The number of benzene rings is 2. The van der Waals surface area contributed by atoms with Crippen LogP contribution in [-0.2, 0) is 4.84 Å². The van der Waals surface area contributed by atoms with Crippen LogP contribution in [0.5, 0.6) is 5.75 Å². The first-order valence-electron chi connectivity index (χ1n) is 8.23. The number of oxime groups is 1. The van der Waals surface area contributed by atoms with Gasteiger partial charge in [-0.1, -0.05) is 23.4 Å². The summed E-state index contributed by atoms with van der Waals surface area (Å²) in [6.45, 7) is 6.00. The summed E-state index contributed by atoms with van der Waals surface area (Å²) in [5.41, 5.74) is 1.99. The molecule has 0 spiro atoms. The van der Waals surface area contributed by atoms with Crippen molar-refractivity contribution in [1.82, 2.24) is 4.90 Å². The standard InChI is InChI=1S/C19H24N2O2/c1-15(20-23-12-11-21-9-3-4-10-21)16-5-6-18-14-19(22-2)8-7-17(18)13-16/h5-8,13-14H,3-4,9-12H2,1-2H3. The molecule has 2 aromatic rings. The molecule has 0 aliphatic carbocycles. The first-order valence-corrected chi connectivity index (χ1v) is 8.23. The van der Waals surface area contributed by atoms with E-state index in [-0.39, 0.29) is 0 Å². The van der Waals surface area contributed by atoms with Crippen LogP contribution in [0.3, 0.4) is 0 Å². The van der Waals surface area contributed by atoms with Crippen LogP contribution in [0.15, 0.2) is 41.6 Å². The highest BCUT2D eigenvalue weighted by molar-refractivity contribution is 6.01. The minimum Gasteiger partial charge on any atom is -0.497 e. The van der Waals surface area contributed by atoms with Gasteiger partial charge in [0.25, 0.3) is 0 Å². The Morgan fingerprint density at radius 3 is 2.61 bits per heavy atom. The molecule has 1 saturated heterocycles. The fourth-order valence-corrected chi connectivity index (χ4v) is 2.95. The molecule has 1 aliphatic rings. The molecule has 0 unspecified atom stereocenters. The molecule has 0 saturated carbocycles. The van der Waals surface area contributed by atoms with Gasteiger partial charge in [-0.3, -0.25) is 4.90 Å². The second kappa shape index (κ2) is 7.47. The first-order chi connectivity index (χ1) is 11.3. The van der Waals surface area contributed by atoms with Gasteiger partial charge in [0.05, 0.1) is 12.8 Å². The average Bonchev–Trinajstić information content (AvgIpc) is 3.11. The summed E-state index contributed by atoms with van der Waals surface area (Å²) in [7, 11) is 1.69. The van der Waals surface area contributed by atoms with Crippen LogP contribution >= 0.6 is 0 Å². The molecule has 0 atom stereocenters. The minimum absolute atomic E-state index is 0.655. The molecule has 4 nitrogen and oxygen atoms in total. The third-order valence-corrected chi connectivity index (χ3v) is 4.36. The van der Waals surface area contributed by atoms with E-state index in [1.807, 2.05) is 19.1 Å². The molecule has 122 valence electrons. The number of hydrogen-bond donors (Lipinski definition) is 0. The lowest BCUT2D eigenvalue weighted by Crippen LogP contribution is -2.23. The lowest BCUT2D eigenvalue weighted by molar-refractivity contribution is 0.119. The Morgan fingerprint density at radius 1 is 1.09 bits per heavy atom. The van der Waals surface area contributed by atoms with E-state index in [0.29, 0.717) is 6.61 Å². The van der Waals surface area contributed by atoms with Gasteiger partial charge in [0, 0.05) is 6.54 Å². The summed E-state index contributed by atoms with van der Waals surface area (Å²) >= 11 is 0. The number of methoxy groups -OCH3 is 1. The summed E-state index contributed by atoms with van der Waals surface area (Å²) in [6, 6.07) is 12.4. The van der Waals surface area contributed by atoms with Crippen molar-refractivity contribution in [2.24, 2.45) is 5.16 Å². The van der Waals surface area contributed by atoms with Crippen molar-refractivity contribution in [2.75, 3.05) is 33.4 Å². The summed E-state index contributed by atoms with van der Waals surface area (Å²) in [5, 5.41) is 6.60. The molecule has 0 bridgehead atoms. The van der Waals surface area contributed by atoms with Crippen molar-refractivity contribution >= 4 is 16.5 Å². The van der Waals surface area contributed by atoms with Crippen molar-refractivity contribution in [3.8, 4) is 5.75 Å². The minimum atomic E-state index is 0.655. The largest absolute Gasteiger partial charge is 0.497 e. The molecule has 0 N–H and O–H groups in total. The molecule has 3 rings (SSSR count). The van der Waals surface area contributed by atoms with E-state index in [4.69, 9.17) is 9.57 Å². The van der Waals surface area contributed by atoms with Crippen molar-refractivity contribution in [3.05, 3.63) is 42.0 Å². The number of likely N-dealkylation sites (tertiary alicyclic amines) is 1. The van der Waals surface area contributed by atoms with Crippen LogP contribution in [-0.4, -0.2) is 44.0 Å². The molecule has 1 aliphatic heterocycles. The Bertz CT molecular complexity index is 691. The predicted molar refractivity (Wildman–Crippen MR) is 94.3 cm³/mol. The number of ether oxygens (including phenoxy) is 1. The summed E-state index contributed by atoms with van der Waals surface area (Å²) in [6.07, 6.45) is 2.62. The van der Waals surface area contributed by atoms with Crippen molar-refractivity contribution < 1.29 is 9.57 Å². The number of hydrogen-bond acceptors (Lipinski definition) is 4. The van der Waals surface area contributed by atoms with Gasteiger partial charge < -0.3 is 9.57 Å². The van der Waals surface area contributed by atoms with E-state index in [1.165, 1.54) is 31.3 Å². The fraction of sp³-hybridized carbons (Fsp3) is 0.421. The van der Waals surface area contributed by atoms with Crippen LogP contribution in [0.2, 0.25) is 0 Å². The molecule has 1 fully saturated rings. The highest BCUT2D eigenvalue weighted by Gasteiger charge is 2.10. The van der Waals surface area contributed by atoms with E-state index in [1.54, 1.807) is 7.11 Å². The van der Waals surface area contributed by atoms with Crippen LogP contribution < -0.4 is 4.74 Å². The Balaban J connectivity index is 1.62. The molecule has 0 aromatic heterocycles. The normalized spacial score (nSPS) is 16.0. The quantitative estimate of drug-likeness (QED) is 0.463.